The number of ether oxygens (including phenoxy) is 2. The van der Waals surface area contributed by atoms with Crippen molar-refractivity contribution < 1.29 is 19.7 Å². The zero-order chi connectivity index (χ0) is 24.0. The van der Waals surface area contributed by atoms with Gasteiger partial charge in [0.1, 0.15) is 11.8 Å². The molecule has 0 radical (unpaired) electrons. The van der Waals surface area contributed by atoms with E-state index in [4.69, 9.17) is 14.6 Å². The minimum atomic E-state index is -0.781. The molecule has 0 saturated heterocycles. The lowest BCUT2D eigenvalue weighted by Crippen LogP contribution is -2.31. The Bertz CT molecular complexity index is 1070. The third-order valence-corrected chi connectivity index (χ3v) is 5.53. The molecule has 0 aliphatic heterocycles. The summed E-state index contributed by atoms with van der Waals surface area (Å²) in [7, 11) is 1.54. The summed E-state index contributed by atoms with van der Waals surface area (Å²) in [6, 6.07) is 13.6. The van der Waals surface area contributed by atoms with Crippen LogP contribution in [0.2, 0.25) is 0 Å². The molecule has 3 N–H and O–H groups in total. The van der Waals surface area contributed by atoms with Crippen LogP contribution >= 0.6 is 0 Å². The number of hydrogen-bond acceptors (Lipinski definition) is 7. The normalized spacial score (nSPS) is 16.3. The van der Waals surface area contributed by atoms with Crippen LogP contribution in [0, 0.1) is 11.3 Å². The first-order valence-corrected chi connectivity index (χ1v) is 11.0. The van der Waals surface area contributed by atoms with Gasteiger partial charge in [0.15, 0.2) is 0 Å². The van der Waals surface area contributed by atoms with Gasteiger partial charge in [-0.25, -0.2) is 4.99 Å². The van der Waals surface area contributed by atoms with Crippen LogP contribution in [-0.4, -0.2) is 48.6 Å². The first kappa shape index (κ1) is 24.5. The summed E-state index contributed by atoms with van der Waals surface area (Å²) in [6.45, 7) is 8.06. The van der Waals surface area contributed by atoms with Gasteiger partial charge in [-0.15, -0.1) is 0 Å². The smallest absolute Gasteiger partial charge is 0.221 e. The van der Waals surface area contributed by atoms with Crippen LogP contribution in [-0.2, 0) is 11.2 Å². The maximum absolute atomic E-state index is 9.65. The number of hydrogen-bond donors (Lipinski definition) is 3. The van der Waals surface area contributed by atoms with Crippen molar-refractivity contribution in [3.05, 3.63) is 70.8 Å². The maximum atomic E-state index is 9.65. The van der Waals surface area contributed by atoms with Crippen LogP contribution in [0.4, 0.5) is 0 Å². The number of methoxy groups -OCH3 is 1. The summed E-state index contributed by atoms with van der Waals surface area (Å²) in [5.41, 5.74) is 4.90. The van der Waals surface area contributed by atoms with E-state index >= 15 is 0 Å². The summed E-state index contributed by atoms with van der Waals surface area (Å²) >= 11 is 0. The van der Waals surface area contributed by atoms with Crippen molar-refractivity contribution >= 4 is 11.6 Å². The monoisotopic (exact) mass is 449 g/mol. The molecule has 0 aromatic heterocycles. The summed E-state index contributed by atoms with van der Waals surface area (Å²) in [4.78, 5) is 4.65. The van der Waals surface area contributed by atoms with Gasteiger partial charge in [0.05, 0.1) is 37.2 Å². The third-order valence-electron chi connectivity index (χ3n) is 5.53. The van der Waals surface area contributed by atoms with Gasteiger partial charge in [0.2, 0.25) is 5.90 Å². The van der Waals surface area contributed by atoms with Gasteiger partial charge in [0, 0.05) is 23.7 Å². The average Bonchev–Trinajstić information content (AvgIpc) is 3.24. The van der Waals surface area contributed by atoms with Crippen molar-refractivity contribution in [1.82, 2.24) is 5.32 Å². The van der Waals surface area contributed by atoms with Gasteiger partial charge >= 0.3 is 0 Å². The van der Waals surface area contributed by atoms with E-state index in [0.717, 1.165) is 29.5 Å². The van der Waals surface area contributed by atoms with E-state index in [9.17, 15) is 10.4 Å². The fourth-order valence-electron chi connectivity index (χ4n) is 4.00. The number of benzene rings is 2. The van der Waals surface area contributed by atoms with E-state index in [1.807, 2.05) is 32.0 Å². The number of nitriles is 1. The minimum absolute atomic E-state index is 0.0383. The second-order valence-electron chi connectivity index (χ2n) is 8.27. The standard InChI is InChI=1S/C26H31N3O4/c1-16(2)33-25-11-8-18(12-19(25)13-27)26(32-4)29-17(3)21-6-5-7-23-22(21)9-10-24(23)28-14-20(31)15-30/h5-8,11-12,16,20,24,28,30-31H,3,9-10,14-15H2,1-2,4H3/t20-,24?/m1/s1. The molecule has 0 amide bonds. The van der Waals surface area contributed by atoms with Crippen molar-refractivity contribution in [2.24, 2.45) is 4.99 Å². The van der Waals surface area contributed by atoms with Crippen molar-refractivity contribution in [2.75, 3.05) is 20.3 Å². The number of rotatable bonds is 9. The third kappa shape index (κ3) is 5.79. The molecule has 0 bridgehead atoms. The predicted molar refractivity (Wildman–Crippen MR) is 128 cm³/mol. The van der Waals surface area contributed by atoms with Crippen LogP contribution in [0.1, 0.15) is 54.1 Å². The van der Waals surface area contributed by atoms with E-state index in [1.54, 1.807) is 19.2 Å². The van der Waals surface area contributed by atoms with Crippen molar-refractivity contribution in [1.29, 1.82) is 5.26 Å². The Kier molecular flexibility index (Phi) is 8.23. The molecule has 7 nitrogen and oxygen atoms in total. The molecule has 174 valence electrons. The maximum Gasteiger partial charge on any atom is 0.221 e. The first-order valence-electron chi connectivity index (χ1n) is 11.0. The molecule has 3 rings (SSSR count). The highest BCUT2D eigenvalue weighted by atomic mass is 16.5. The highest BCUT2D eigenvalue weighted by molar-refractivity contribution is 5.98. The zero-order valence-corrected chi connectivity index (χ0v) is 19.3. The Labute approximate surface area is 195 Å². The number of nitrogens with one attached hydrogen (secondary N) is 1. The fourth-order valence-corrected chi connectivity index (χ4v) is 4.00. The van der Waals surface area contributed by atoms with E-state index in [1.165, 1.54) is 0 Å². The zero-order valence-electron chi connectivity index (χ0n) is 19.3. The molecule has 1 aliphatic rings. The van der Waals surface area contributed by atoms with Crippen LogP contribution in [0.3, 0.4) is 0 Å². The highest BCUT2D eigenvalue weighted by Gasteiger charge is 2.25. The van der Waals surface area contributed by atoms with Gasteiger partial charge in [-0.2, -0.15) is 5.26 Å². The number of aliphatic hydroxyl groups excluding tert-OH is 2. The molecule has 0 saturated carbocycles. The molecule has 1 aliphatic carbocycles. The first-order chi connectivity index (χ1) is 15.9. The van der Waals surface area contributed by atoms with Crippen LogP contribution < -0.4 is 10.1 Å². The number of nitrogens with zero attached hydrogens (tertiary/aromatic N) is 2. The molecular formula is C26H31N3O4. The van der Waals surface area contributed by atoms with Gasteiger partial charge in [-0.3, -0.25) is 0 Å². The predicted octanol–water partition coefficient (Wildman–Crippen LogP) is 3.34. The summed E-state index contributed by atoms with van der Waals surface area (Å²) in [5, 5.41) is 31.6. The van der Waals surface area contributed by atoms with Gasteiger partial charge in [-0.05, 0) is 56.0 Å². The fraction of sp³-hybridized carbons (Fsp3) is 0.385. The summed E-state index contributed by atoms with van der Waals surface area (Å²) in [6.07, 6.45) is 0.927. The van der Waals surface area contributed by atoms with Crippen LogP contribution in [0.15, 0.2) is 48.0 Å². The molecule has 1 unspecified atom stereocenters. The van der Waals surface area contributed by atoms with Crippen LogP contribution in [0.25, 0.3) is 5.70 Å². The lowest BCUT2D eigenvalue weighted by molar-refractivity contribution is 0.0919. The van der Waals surface area contributed by atoms with Gasteiger partial charge in [0.25, 0.3) is 0 Å². The SMILES string of the molecule is C=C(N=C(OC)c1ccc(OC(C)C)c(C#N)c1)c1cccc2c1CCC2NC[C@@H](O)CO. The Morgan fingerprint density at radius 1 is 1.33 bits per heavy atom. The summed E-state index contributed by atoms with van der Waals surface area (Å²) in [5.74, 6) is 0.889. The Balaban J connectivity index is 1.86. The molecule has 0 spiro atoms. The number of fused-ring (bicyclic) bond motifs is 1. The molecule has 33 heavy (non-hydrogen) atoms. The van der Waals surface area contributed by atoms with Crippen molar-refractivity contribution in [3.63, 3.8) is 0 Å². The molecule has 0 fully saturated rings. The molecule has 0 heterocycles. The number of aliphatic hydroxyl groups is 2. The average molecular weight is 450 g/mol. The van der Waals surface area contributed by atoms with E-state index in [2.05, 4.69) is 29.0 Å². The summed E-state index contributed by atoms with van der Waals surface area (Å²) < 4.78 is 11.2. The van der Waals surface area contributed by atoms with Crippen LogP contribution in [0.5, 0.6) is 5.75 Å². The highest BCUT2D eigenvalue weighted by Crippen LogP contribution is 2.36. The quantitative estimate of drug-likeness (QED) is 0.400. The van der Waals surface area contributed by atoms with Crippen molar-refractivity contribution in [2.45, 2.75) is 44.9 Å². The molecule has 7 heteroatoms. The lowest BCUT2D eigenvalue weighted by Gasteiger charge is -2.17. The molecule has 2 atom stereocenters. The second kappa shape index (κ2) is 11.1. The lowest BCUT2D eigenvalue weighted by atomic mass is 10.0. The number of aliphatic imine (C=N–C) groups is 1. The molecule has 2 aromatic rings. The van der Waals surface area contributed by atoms with Crippen molar-refractivity contribution in [3.8, 4) is 11.8 Å². The minimum Gasteiger partial charge on any atom is -0.490 e. The van der Waals surface area contributed by atoms with E-state index < -0.39 is 6.10 Å². The van der Waals surface area contributed by atoms with E-state index in [-0.39, 0.29) is 18.8 Å². The second-order valence-corrected chi connectivity index (χ2v) is 8.27. The Morgan fingerprint density at radius 3 is 2.79 bits per heavy atom. The molecule has 2 aromatic carbocycles. The molecular weight excluding hydrogens is 418 g/mol. The van der Waals surface area contributed by atoms with Gasteiger partial charge < -0.3 is 25.0 Å². The van der Waals surface area contributed by atoms with E-state index in [0.29, 0.717) is 35.0 Å². The Hall–Kier alpha value is -3.18. The largest absolute Gasteiger partial charge is 0.490 e. The Morgan fingerprint density at radius 2 is 2.12 bits per heavy atom. The topological polar surface area (TPSA) is 107 Å². The van der Waals surface area contributed by atoms with Gasteiger partial charge in [-0.1, -0.05) is 24.8 Å².